The number of hydrogen-bond donors (Lipinski definition) is 3. The van der Waals surface area contributed by atoms with Crippen LogP contribution < -0.4 is 25.2 Å². The number of rotatable bonds is 17. The topological polar surface area (TPSA) is 88.1 Å². The number of aryl methyl sites for hydroxylation is 1. The molecule has 3 heterocycles. The third-order valence-electron chi connectivity index (χ3n) is 12.6. The maximum Gasteiger partial charge on any atom is 0.253 e. The van der Waals surface area contributed by atoms with Crippen LogP contribution in [0.4, 0.5) is 27.1 Å². The van der Waals surface area contributed by atoms with E-state index >= 15 is 0 Å². The molecule has 3 N–H and O–H groups in total. The predicted octanol–water partition coefficient (Wildman–Crippen LogP) is 9.15. The molecule has 2 aliphatic heterocycles. The number of carbonyl (C=O) groups excluding carboxylic acids is 1. The number of nitrogens with zero attached hydrogens (tertiary/aromatic N) is 5. The summed E-state index contributed by atoms with van der Waals surface area (Å²) in [5.74, 6) is 0.569. The zero-order valence-corrected chi connectivity index (χ0v) is 39.6. The average molecular weight is 913 g/mol. The number of carbonyl (C=O) groups is 1. The first-order valence-electron chi connectivity index (χ1n) is 22.7. The Morgan fingerprint density at radius 3 is 2.14 bits per heavy atom. The molecule has 0 saturated carbocycles. The van der Waals surface area contributed by atoms with Gasteiger partial charge in [0.2, 0.25) is 0 Å². The van der Waals surface area contributed by atoms with Crippen molar-refractivity contribution in [3.05, 3.63) is 144 Å². The van der Waals surface area contributed by atoms with E-state index in [0.717, 1.165) is 139 Å². The van der Waals surface area contributed by atoms with Crippen molar-refractivity contribution in [3.63, 3.8) is 0 Å². The number of hydrogen-bond acceptors (Lipinski definition) is 8. The Labute approximate surface area is 390 Å². The van der Waals surface area contributed by atoms with Crippen LogP contribution in [0.25, 0.3) is 22.4 Å². The molecule has 13 heteroatoms. The van der Waals surface area contributed by atoms with Crippen molar-refractivity contribution in [2.24, 2.45) is 7.05 Å². The first kappa shape index (κ1) is 45.9. The number of halogens is 1. The van der Waals surface area contributed by atoms with Gasteiger partial charge in [0, 0.05) is 117 Å². The van der Waals surface area contributed by atoms with E-state index in [1.165, 1.54) is 17.0 Å². The van der Waals surface area contributed by atoms with E-state index in [2.05, 4.69) is 107 Å². The van der Waals surface area contributed by atoms with E-state index in [-0.39, 0.29) is 11.7 Å². The molecule has 0 radical (unpaired) electrons. The van der Waals surface area contributed by atoms with Crippen LogP contribution in [0.3, 0.4) is 0 Å². The monoisotopic (exact) mass is 912 g/mol. The maximum absolute atomic E-state index is 14.2. The average Bonchev–Trinajstić information content (AvgIpc) is 3.60. The van der Waals surface area contributed by atoms with Gasteiger partial charge in [-0.05, 0) is 142 Å². The first-order chi connectivity index (χ1) is 31.6. The minimum atomic E-state index is -1.40. The van der Waals surface area contributed by atoms with Gasteiger partial charge in [0.25, 0.3) is 5.91 Å². The largest absolute Gasteiger partial charge is 0.384 e. The SMILES string of the molecule is Cc1cc(S(=O)Nc2ccc(N3CCN(c4cccc(-c5c(C(=O)NCCCN6CCN(C)CC6)c(C)n(C)c5-c5ccc(F)cc5)c4)CC3)cc2)ccc1NCCSc1ccccc1. The Morgan fingerprint density at radius 2 is 1.43 bits per heavy atom. The second kappa shape index (κ2) is 21.6. The van der Waals surface area contributed by atoms with Gasteiger partial charge in [-0.2, -0.15) is 0 Å². The summed E-state index contributed by atoms with van der Waals surface area (Å²) in [6.45, 7) is 14.0. The van der Waals surface area contributed by atoms with Crippen molar-refractivity contribution < 1.29 is 13.4 Å². The van der Waals surface area contributed by atoms with Crippen LogP contribution in [-0.2, 0) is 18.0 Å². The number of likely N-dealkylation sites (N-methyl/N-ethyl adjacent to an activating group) is 1. The number of anilines is 4. The molecule has 1 atom stereocenters. The van der Waals surface area contributed by atoms with Crippen molar-refractivity contribution in [2.75, 3.05) is 105 Å². The highest BCUT2D eigenvalue weighted by Gasteiger charge is 2.27. The highest BCUT2D eigenvalue weighted by Crippen LogP contribution is 2.40. The van der Waals surface area contributed by atoms with Crippen molar-refractivity contribution in [3.8, 4) is 22.4 Å². The number of thioether (sulfide) groups is 1. The molecule has 8 rings (SSSR count). The van der Waals surface area contributed by atoms with Gasteiger partial charge in [-0.25, -0.2) is 8.60 Å². The lowest BCUT2D eigenvalue weighted by Gasteiger charge is -2.37. The summed E-state index contributed by atoms with van der Waals surface area (Å²) in [6, 6.07) is 39.5. The van der Waals surface area contributed by atoms with Crippen LogP contribution in [-0.4, -0.2) is 109 Å². The fraction of sp³-hybridized carbons (Fsp3) is 0.327. The quantitative estimate of drug-likeness (QED) is 0.0618. The molecule has 6 aromatic rings. The molecule has 65 heavy (non-hydrogen) atoms. The molecule has 0 aliphatic carbocycles. The van der Waals surface area contributed by atoms with Gasteiger partial charge >= 0.3 is 0 Å². The van der Waals surface area contributed by atoms with Crippen molar-refractivity contribution in [2.45, 2.75) is 30.1 Å². The summed E-state index contributed by atoms with van der Waals surface area (Å²) in [5.41, 5.74) is 10.2. The highest BCUT2D eigenvalue weighted by atomic mass is 32.2. The lowest BCUT2D eigenvalue weighted by Crippen LogP contribution is -2.46. The van der Waals surface area contributed by atoms with Gasteiger partial charge < -0.3 is 39.5 Å². The molecule has 0 spiro atoms. The van der Waals surface area contributed by atoms with Gasteiger partial charge in [-0.3, -0.25) is 4.79 Å². The van der Waals surface area contributed by atoms with Gasteiger partial charge in [0.05, 0.1) is 16.2 Å². The number of aromatic nitrogens is 1. The van der Waals surface area contributed by atoms with E-state index in [9.17, 15) is 13.4 Å². The number of amides is 1. The number of nitrogens with one attached hydrogen (secondary N) is 3. The Bertz CT molecular complexity index is 2550. The summed E-state index contributed by atoms with van der Waals surface area (Å²) < 4.78 is 32.8. The molecule has 340 valence electrons. The molecule has 2 saturated heterocycles. The molecule has 1 amide bonds. The first-order valence-corrected chi connectivity index (χ1v) is 24.8. The highest BCUT2D eigenvalue weighted by molar-refractivity contribution is 7.99. The minimum Gasteiger partial charge on any atom is -0.384 e. The van der Waals surface area contributed by atoms with Gasteiger partial charge in [-0.15, -0.1) is 11.8 Å². The standard InChI is InChI=1S/C52H61FN8O2S2/c1-38-36-47(22-23-48(38)54-25-35-64-46-12-6-5-7-13-46)65(63)56-43-18-20-44(21-19-43)60-31-33-61(34-32-60)45-11-8-10-41(37-45)50-49(39(2)58(4)51(50)40-14-16-42(53)17-15-40)52(62)55-24-9-26-59-29-27-57(3)28-30-59/h5-8,10-23,36-37,54,56H,9,24-35H2,1-4H3,(H,55,62). The Balaban J connectivity index is 0.890. The fourth-order valence-corrected chi connectivity index (χ4v) is 10.5. The lowest BCUT2D eigenvalue weighted by molar-refractivity contribution is 0.0949. The predicted molar refractivity (Wildman–Crippen MR) is 270 cm³/mol. The zero-order valence-electron chi connectivity index (χ0n) is 38.0. The molecular weight excluding hydrogens is 852 g/mol. The summed E-state index contributed by atoms with van der Waals surface area (Å²) in [6.07, 6.45) is 0.883. The van der Waals surface area contributed by atoms with Crippen molar-refractivity contribution in [1.29, 1.82) is 0 Å². The summed E-state index contributed by atoms with van der Waals surface area (Å²) in [4.78, 5) is 25.8. The summed E-state index contributed by atoms with van der Waals surface area (Å²) in [5, 5.41) is 6.76. The lowest BCUT2D eigenvalue weighted by atomic mass is 9.95. The zero-order chi connectivity index (χ0) is 45.3. The second-order valence-electron chi connectivity index (χ2n) is 17.0. The van der Waals surface area contributed by atoms with E-state index in [0.29, 0.717) is 12.1 Å². The molecule has 10 nitrogen and oxygen atoms in total. The minimum absolute atomic E-state index is 0.0896. The molecule has 2 aliphatic rings. The molecule has 1 aromatic heterocycles. The maximum atomic E-state index is 14.2. The van der Waals surface area contributed by atoms with E-state index in [1.54, 1.807) is 12.1 Å². The van der Waals surface area contributed by atoms with Gasteiger partial charge in [-0.1, -0.05) is 30.3 Å². The van der Waals surface area contributed by atoms with E-state index < -0.39 is 11.0 Å². The number of benzene rings is 5. The van der Waals surface area contributed by atoms with Crippen molar-refractivity contribution >= 4 is 51.4 Å². The Hall–Kier alpha value is -5.60. The molecule has 2 fully saturated rings. The Morgan fingerprint density at radius 1 is 0.723 bits per heavy atom. The van der Waals surface area contributed by atoms with Crippen LogP contribution in [0.2, 0.25) is 0 Å². The summed E-state index contributed by atoms with van der Waals surface area (Å²) >= 11 is 1.82. The molecule has 1 unspecified atom stereocenters. The third-order valence-corrected chi connectivity index (χ3v) is 14.7. The molecular formula is C52H61FN8O2S2. The van der Waals surface area contributed by atoms with Crippen LogP contribution in [0.15, 0.2) is 131 Å². The summed E-state index contributed by atoms with van der Waals surface area (Å²) in [7, 11) is 2.74. The fourth-order valence-electron chi connectivity index (χ4n) is 8.78. The van der Waals surface area contributed by atoms with Gasteiger partial charge in [0.1, 0.15) is 16.8 Å². The third kappa shape index (κ3) is 11.4. The van der Waals surface area contributed by atoms with Crippen LogP contribution in [0.5, 0.6) is 0 Å². The molecule has 0 bridgehead atoms. The van der Waals surface area contributed by atoms with Crippen molar-refractivity contribution in [1.82, 2.24) is 19.7 Å². The second-order valence-corrected chi connectivity index (χ2v) is 19.4. The van der Waals surface area contributed by atoms with E-state index in [1.807, 2.05) is 69.1 Å². The Kier molecular flexibility index (Phi) is 15.3. The van der Waals surface area contributed by atoms with Gasteiger partial charge in [0.15, 0.2) is 0 Å². The van der Waals surface area contributed by atoms with E-state index in [4.69, 9.17) is 0 Å². The number of piperazine rings is 2. The molecule has 5 aromatic carbocycles. The van der Waals surface area contributed by atoms with Crippen LogP contribution >= 0.6 is 11.8 Å². The van der Waals surface area contributed by atoms with Crippen LogP contribution in [0.1, 0.15) is 28.0 Å². The normalized spacial score (nSPS) is 15.2. The van der Waals surface area contributed by atoms with Crippen LogP contribution in [0, 0.1) is 19.7 Å². The smallest absolute Gasteiger partial charge is 0.253 e.